The van der Waals surface area contributed by atoms with Crippen molar-refractivity contribution >= 4 is 29.0 Å². The molecule has 0 unspecified atom stereocenters. The van der Waals surface area contributed by atoms with Gasteiger partial charge in [-0.1, -0.05) is 23.2 Å². The molecule has 3 aromatic rings. The van der Waals surface area contributed by atoms with E-state index in [-0.39, 0.29) is 0 Å². The minimum atomic E-state index is 0.426. The van der Waals surface area contributed by atoms with Crippen molar-refractivity contribution < 1.29 is 4.74 Å². The Bertz CT molecular complexity index is 1240. The second kappa shape index (κ2) is 11.3. The first-order valence-corrected chi connectivity index (χ1v) is 14.4. The van der Waals surface area contributed by atoms with E-state index in [0.717, 1.165) is 86.7 Å². The van der Waals surface area contributed by atoms with Crippen molar-refractivity contribution in [3.05, 3.63) is 58.1 Å². The topological polar surface area (TPSA) is 57.6 Å². The van der Waals surface area contributed by atoms with E-state index < -0.39 is 0 Å². The third-order valence-corrected chi connectivity index (χ3v) is 8.44. The molecule has 0 spiro atoms. The summed E-state index contributed by atoms with van der Waals surface area (Å²) in [4.78, 5) is 12.0. The Morgan fingerprint density at radius 2 is 1.63 bits per heavy atom. The van der Waals surface area contributed by atoms with Crippen LogP contribution in [0.3, 0.4) is 0 Å². The molecular formula is C29H34Cl2N6O. The van der Waals surface area contributed by atoms with E-state index in [1.165, 1.54) is 19.3 Å². The van der Waals surface area contributed by atoms with Gasteiger partial charge in [0.2, 0.25) is 11.8 Å². The number of hydrogen-bond acceptors (Lipinski definition) is 7. The number of likely N-dealkylation sites (tertiary alicyclic amines) is 1. The fourth-order valence-corrected chi connectivity index (χ4v) is 6.24. The van der Waals surface area contributed by atoms with Crippen molar-refractivity contribution in [3.8, 4) is 23.0 Å². The van der Waals surface area contributed by atoms with Crippen LogP contribution in [0.15, 0.2) is 42.5 Å². The number of anilines is 1. The second-order valence-electron chi connectivity index (χ2n) is 10.9. The Balaban J connectivity index is 1.23. The Labute approximate surface area is 234 Å². The van der Waals surface area contributed by atoms with Gasteiger partial charge in [-0.05, 0) is 100 Å². The van der Waals surface area contributed by atoms with E-state index in [9.17, 15) is 0 Å². The molecule has 4 heterocycles. The molecule has 2 aromatic heterocycles. The van der Waals surface area contributed by atoms with E-state index in [1.54, 1.807) is 6.07 Å². The molecule has 9 heteroatoms. The molecule has 3 aliphatic rings. The highest BCUT2D eigenvalue weighted by molar-refractivity contribution is 6.35. The van der Waals surface area contributed by atoms with Crippen LogP contribution in [-0.2, 0) is 6.54 Å². The van der Waals surface area contributed by atoms with Crippen LogP contribution in [0.1, 0.15) is 31.2 Å². The van der Waals surface area contributed by atoms with Gasteiger partial charge in [-0.2, -0.15) is 0 Å². The summed E-state index contributed by atoms with van der Waals surface area (Å²) in [5.41, 5.74) is 2.78. The number of ether oxygens (including phenoxy) is 1. The van der Waals surface area contributed by atoms with Crippen LogP contribution in [0.2, 0.25) is 10.0 Å². The lowest BCUT2D eigenvalue weighted by molar-refractivity contribution is 0.266. The van der Waals surface area contributed by atoms with Crippen LogP contribution in [0, 0.1) is 11.8 Å². The average molecular weight is 554 g/mol. The number of fused-ring (bicyclic) bond motifs is 1. The zero-order valence-electron chi connectivity index (χ0n) is 21.8. The Kier molecular flexibility index (Phi) is 7.70. The average Bonchev–Trinajstić information content (AvgIpc) is 3.69. The van der Waals surface area contributed by atoms with Gasteiger partial charge in [-0.25, -0.2) is 4.98 Å². The second-order valence-corrected chi connectivity index (χ2v) is 11.8. The molecule has 200 valence electrons. The first kappa shape index (κ1) is 25.8. The van der Waals surface area contributed by atoms with Crippen LogP contribution >= 0.6 is 23.2 Å². The SMILES string of the molecule is CN1CCCN(c2ccc(Oc3cc(CN4CC[C@@H]5C[C@@H]5CC4)cc(-c4cc(Cl)cc(Cl)c4)n3)nn2)CC1. The predicted octanol–water partition coefficient (Wildman–Crippen LogP) is 6.01. The van der Waals surface area contributed by atoms with Crippen molar-refractivity contribution in [2.45, 2.75) is 32.2 Å². The number of hydrogen-bond donors (Lipinski definition) is 0. The van der Waals surface area contributed by atoms with Gasteiger partial charge >= 0.3 is 0 Å². The molecule has 0 bridgehead atoms. The number of pyridine rings is 1. The molecular weight excluding hydrogens is 519 g/mol. The minimum Gasteiger partial charge on any atom is -0.419 e. The van der Waals surface area contributed by atoms with Crippen LogP contribution in [0.5, 0.6) is 11.8 Å². The molecule has 38 heavy (non-hydrogen) atoms. The highest BCUT2D eigenvalue weighted by Gasteiger charge is 2.38. The van der Waals surface area contributed by atoms with Crippen molar-refractivity contribution in [2.75, 3.05) is 51.2 Å². The van der Waals surface area contributed by atoms with Crippen molar-refractivity contribution in [1.82, 2.24) is 25.0 Å². The summed E-state index contributed by atoms with van der Waals surface area (Å²) in [5, 5.41) is 10.0. The summed E-state index contributed by atoms with van der Waals surface area (Å²) in [7, 11) is 2.16. The summed E-state index contributed by atoms with van der Waals surface area (Å²) >= 11 is 12.6. The van der Waals surface area contributed by atoms with Crippen molar-refractivity contribution in [3.63, 3.8) is 0 Å². The van der Waals surface area contributed by atoms with Crippen molar-refractivity contribution in [1.29, 1.82) is 0 Å². The van der Waals surface area contributed by atoms with E-state index in [4.69, 9.17) is 32.9 Å². The standard InChI is InChI=1S/C29H34Cl2N6O/c1-35-7-2-8-37(12-11-35)27-3-4-28(34-33-27)38-29-14-20(19-36-9-5-21-15-22(21)6-10-36)13-26(32-29)23-16-24(30)18-25(31)17-23/h3-4,13-14,16-18,21-22H,2,5-12,15,19H2,1H3/t21-,22+. The maximum Gasteiger partial charge on any atom is 0.240 e. The molecule has 0 amide bonds. The number of aromatic nitrogens is 3. The van der Waals surface area contributed by atoms with Gasteiger partial charge in [-0.15, -0.1) is 10.2 Å². The lowest BCUT2D eigenvalue weighted by atomic mass is 10.1. The molecule has 1 aromatic carbocycles. The minimum absolute atomic E-state index is 0.426. The Hall–Kier alpha value is -2.45. The molecule has 7 nitrogen and oxygen atoms in total. The first-order chi connectivity index (χ1) is 18.5. The highest BCUT2D eigenvalue weighted by Crippen LogP contribution is 2.45. The van der Waals surface area contributed by atoms with Gasteiger partial charge in [0, 0.05) is 53.9 Å². The van der Waals surface area contributed by atoms with Gasteiger partial charge in [-0.3, -0.25) is 4.90 Å². The van der Waals surface area contributed by atoms with E-state index >= 15 is 0 Å². The van der Waals surface area contributed by atoms with Gasteiger partial charge in [0.1, 0.15) is 0 Å². The fourth-order valence-electron chi connectivity index (χ4n) is 5.71. The molecule has 2 saturated heterocycles. The number of benzene rings is 1. The Morgan fingerprint density at radius 1 is 0.842 bits per heavy atom. The molecule has 1 saturated carbocycles. The summed E-state index contributed by atoms with van der Waals surface area (Å²) in [6, 6.07) is 13.5. The third kappa shape index (κ3) is 6.40. The fraction of sp³-hybridized carbons (Fsp3) is 0.483. The van der Waals surface area contributed by atoms with Gasteiger partial charge < -0.3 is 14.5 Å². The zero-order valence-corrected chi connectivity index (χ0v) is 23.3. The third-order valence-electron chi connectivity index (χ3n) is 8.01. The van der Waals surface area contributed by atoms with E-state index in [0.29, 0.717) is 21.8 Å². The molecule has 0 radical (unpaired) electrons. The summed E-state index contributed by atoms with van der Waals surface area (Å²) < 4.78 is 6.17. The Morgan fingerprint density at radius 3 is 2.37 bits per heavy atom. The quantitative estimate of drug-likeness (QED) is 0.371. The number of rotatable bonds is 6. The lowest BCUT2D eigenvalue weighted by Gasteiger charge is -2.21. The molecule has 2 aliphatic heterocycles. The van der Waals surface area contributed by atoms with Crippen LogP contribution in [0.25, 0.3) is 11.3 Å². The smallest absolute Gasteiger partial charge is 0.240 e. The first-order valence-electron chi connectivity index (χ1n) is 13.6. The summed E-state index contributed by atoms with van der Waals surface area (Å²) in [5.74, 6) is 3.68. The highest BCUT2D eigenvalue weighted by atomic mass is 35.5. The normalized spacial score (nSPS) is 22.4. The molecule has 0 N–H and O–H groups in total. The largest absolute Gasteiger partial charge is 0.419 e. The van der Waals surface area contributed by atoms with Gasteiger partial charge in [0.05, 0.1) is 5.69 Å². The number of likely N-dealkylation sites (N-methyl/N-ethyl adjacent to an activating group) is 1. The van der Waals surface area contributed by atoms with E-state index in [1.807, 2.05) is 30.3 Å². The monoisotopic (exact) mass is 552 g/mol. The van der Waals surface area contributed by atoms with Crippen LogP contribution < -0.4 is 9.64 Å². The lowest BCUT2D eigenvalue weighted by Crippen LogP contribution is -2.29. The number of nitrogens with zero attached hydrogens (tertiary/aromatic N) is 6. The van der Waals surface area contributed by atoms with Gasteiger partial charge in [0.25, 0.3) is 0 Å². The maximum atomic E-state index is 6.32. The summed E-state index contributed by atoms with van der Waals surface area (Å²) in [6.45, 7) is 7.17. The number of halogens is 2. The van der Waals surface area contributed by atoms with Crippen LogP contribution in [-0.4, -0.2) is 71.3 Å². The van der Waals surface area contributed by atoms with Gasteiger partial charge in [0.15, 0.2) is 5.82 Å². The zero-order chi connectivity index (χ0) is 26.1. The molecule has 6 rings (SSSR count). The predicted molar refractivity (Wildman–Crippen MR) is 152 cm³/mol. The van der Waals surface area contributed by atoms with Crippen LogP contribution in [0.4, 0.5) is 5.82 Å². The summed E-state index contributed by atoms with van der Waals surface area (Å²) in [6.07, 6.45) is 5.13. The van der Waals surface area contributed by atoms with Crippen molar-refractivity contribution in [2.24, 2.45) is 11.8 Å². The maximum absolute atomic E-state index is 6.32. The molecule has 3 fully saturated rings. The molecule has 1 aliphatic carbocycles. The molecule has 2 atom stereocenters. The van der Waals surface area contributed by atoms with E-state index in [2.05, 4.69) is 38.0 Å².